The summed E-state index contributed by atoms with van der Waals surface area (Å²) in [5.41, 5.74) is 8.77. The Morgan fingerprint density at radius 2 is 2.32 bits per heavy atom. The summed E-state index contributed by atoms with van der Waals surface area (Å²) in [6.45, 7) is 3.67. The topological polar surface area (TPSA) is 62.3 Å². The molecule has 1 aliphatic heterocycles. The normalized spacial score (nSPS) is 13.9. The molecule has 5 heteroatoms. The van der Waals surface area contributed by atoms with E-state index in [2.05, 4.69) is 16.5 Å². The molecule has 1 aliphatic rings. The smallest absolute Gasteiger partial charge is 0.189 e. The average Bonchev–Trinajstić information content (AvgIpc) is 2.86. The minimum absolute atomic E-state index is 0.300. The molecule has 1 aromatic heterocycles. The average molecular weight is 259 g/mol. The molecule has 3 rings (SSSR count). The van der Waals surface area contributed by atoms with Gasteiger partial charge in [0.1, 0.15) is 11.6 Å². The molecule has 0 atom stereocenters. The lowest BCUT2D eigenvalue weighted by molar-refractivity contribution is -0.0170. The number of hydrogen-bond acceptors (Lipinski definition) is 4. The van der Waals surface area contributed by atoms with E-state index in [0.717, 1.165) is 41.4 Å². The number of fused-ring (bicyclic) bond motifs is 1. The zero-order valence-corrected chi connectivity index (χ0v) is 10.9. The van der Waals surface area contributed by atoms with Crippen LogP contribution in [0.4, 0.5) is 5.69 Å². The maximum Gasteiger partial charge on any atom is 0.189 e. The predicted octanol–water partition coefficient (Wildman–Crippen LogP) is 1.94. The Balaban J connectivity index is 1.98. The van der Waals surface area contributed by atoms with Gasteiger partial charge >= 0.3 is 0 Å². The number of nitrogen functional groups attached to an aromatic ring is 1. The zero-order chi connectivity index (χ0) is 13.2. The second kappa shape index (κ2) is 4.93. The van der Waals surface area contributed by atoms with Crippen molar-refractivity contribution in [1.29, 1.82) is 0 Å². The van der Waals surface area contributed by atoms with Crippen molar-refractivity contribution in [2.45, 2.75) is 26.5 Å². The summed E-state index contributed by atoms with van der Waals surface area (Å²) >= 11 is 0. The molecule has 5 nitrogen and oxygen atoms in total. The summed E-state index contributed by atoms with van der Waals surface area (Å²) in [6.07, 6.45) is 4.71. The number of benzene rings is 1. The van der Waals surface area contributed by atoms with E-state index in [1.165, 1.54) is 0 Å². The highest BCUT2D eigenvalue weighted by Crippen LogP contribution is 2.31. The number of nitrogens with zero attached hydrogens (tertiary/aromatic N) is 2. The lowest BCUT2D eigenvalue weighted by atomic mass is 10.1. The van der Waals surface area contributed by atoms with E-state index in [0.29, 0.717) is 13.4 Å². The Morgan fingerprint density at radius 1 is 1.42 bits per heavy atom. The van der Waals surface area contributed by atoms with E-state index in [1.807, 2.05) is 24.5 Å². The summed E-state index contributed by atoms with van der Waals surface area (Å²) in [5, 5.41) is 0. The van der Waals surface area contributed by atoms with Crippen molar-refractivity contribution < 1.29 is 9.47 Å². The van der Waals surface area contributed by atoms with Gasteiger partial charge < -0.3 is 19.8 Å². The van der Waals surface area contributed by atoms with E-state index in [4.69, 9.17) is 15.2 Å². The van der Waals surface area contributed by atoms with E-state index in [1.54, 1.807) is 0 Å². The third-order valence-corrected chi connectivity index (χ3v) is 3.27. The number of rotatable bonds is 3. The first-order valence-corrected chi connectivity index (χ1v) is 6.39. The number of anilines is 1. The SMILES string of the molecule is CCc1nccn1Cc1cc(N)cc2c1OCOC2. The number of aromatic nitrogens is 2. The van der Waals surface area contributed by atoms with Crippen molar-refractivity contribution in [3.63, 3.8) is 0 Å². The van der Waals surface area contributed by atoms with Crippen LogP contribution in [0.1, 0.15) is 23.9 Å². The third kappa shape index (κ3) is 2.29. The molecule has 0 spiro atoms. The van der Waals surface area contributed by atoms with Crippen LogP contribution in [0.3, 0.4) is 0 Å². The molecule has 0 unspecified atom stereocenters. The first kappa shape index (κ1) is 12.0. The first-order chi connectivity index (χ1) is 9.28. The summed E-state index contributed by atoms with van der Waals surface area (Å²) in [7, 11) is 0. The molecule has 0 bridgehead atoms. The number of aryl methyl sites for hydroxylation is 1. The highest BCUT2D eigenvalue weighted by Gasteiger charge is 2.16. The van der Waals surface area contributed by atoms with Gasteiger partial charge in [0.15, 0.2) is 6.79 Å². The molecular formula is C14H17N3O2. The lowest BCUT2D eigenvalue weighted by Crippen LogP contribution is -2.15. The Hall–Kier alpha value is -2.01. The molecule has 0 radical (unpaired) electrons. The molecule has 100 valence electrons. The molecule has 0 saturated heterocycles. The first-order valence-electron chi connectivity index (χ1n) is 6.39. The van der Waals surface area contributed by atoms with E-state index in [-0.39, 0.29) is 0 Å². The van der Waals surface area contributed by atoms with Crippen LogP contribution in [0, 0.1) is 0 Å². The van der Waals surface area contributed by atoms with Crippen molar-refractivity contribution >= 4 is 5.69 Å². The Bertz CT molecular complexity index is 592. The Labute approximate surface area is 112 Å². The van der Waals surface area contributed by atoms with Gasteiger partial charge in [-0.25, -0.2) is 4.98 Å². The van der Waals surface area contributed by atoms with Gasteiger partial charge in [0, 0.05) is 35.6 Å². The predicted molar refractivity (Wildman–Crippen MR) is 71.8 cm³/mol. The maximum absolute atomic E-state index is 5.95. The fourth-order valence-corrected chi connectivity index (χ4v) is 2.43. The van der Waals surface area contributed by atoms with Crippen LogP contribution in [-0.4, -0.2) is 16.3 Å². The van der Waals surface area contributed by atoms with Crippen LogP contribution in [0.25, 0.3) is 0 Å². The highest BCUT2D eigenvalue weighted by atomic mass is 16.7. The minimum atomic E-state index is 0.300. The van der Waals surface area contributed by atoms with Gasteiger partial charge in [-0.1, -0.05) is 6.92 Å². The summed E-state index contributed by atoms with van der Waals surface area (Å²) in [5.74, 6) is 1.96. The van der Waals surface area contributed by atoms with Gasteiger partial charge in [-0.15, -0.1) is 0 Å². The molecule has 0 amide bonds. The standard InChI is InChI=1S/C14H17N3O2/c1-2-13-16-3-4-17(13)7-10-5-12(15)6-11-8-18-9-19-14(10)11/h3-6H,2,7-9,15H2,1H3. The summed E-state index contributed by atoms with van der Waals surface area (Å²) < 4.78 is 13.0. The minimum Gasteiger partial charge on any atom is -0.467 e. The monoisotopic (exact) mass is 259 g/mol. The van der Waals surface area contributed by atoms with Gasteiger partial charge in [-0.2, -0.15) is 0 Å². The second-order valence-corrected chi connectivity index (χ2v) is 4.60. The van der Waals surface area contributed by atoms with Gasteiger partial charge in [0.05, 0.1) is 13.2 Å². The molecule has 0 aliphatic carbocycles. The number of hydrogen-bond donors (Lipinski definition) is 1. The molecule has 0 saturated carbocycles. The van der Waals surface area contributed by atoms with Gasteiger partial charge in [-0.05, 0) is 12.1 Å². The van der Waals surface area contributed by atoms with Crippen LogP contribution in [0.5, 0.6) is 5.75 Å². The van der Waals surface area contributed by atoms with E-state index < -0.39 is 0 Å². The van der Waals surface area contributed by atoms with Crippen LogP contribution in [0.15, 0.2) is 24.5 Å². The fourth-order valence-electron chi connectivity index (χ4n) is 2.43. The highest BCUT2D eigenvalue weighted by molar-refractivity contribution is 5.53. The van der Waals surface area contributed by atoms with Crippen LogP contribution >= 0.6 is 0 Å². The zero-order valence-electron chi connectivity index (χ0n) is 10.9. The largest absolute Gasteiger partial charge is 0.467 e. The number of nitrogens with two attached hydrogens (primary N) is 1. The fraction of sp³-hybridized carbons (Fsp3) is 0.357. The summed E-state index contributed by atoms with van der Waals surface area (Å²) in [6, 6.07) is 3.87. The van der Waals surface area contributed by atoms with E-state index >= 15 is 0 Å². The van der Waals surface area contributed by atoms with Crippen molar-refractivity contribution in [2.24, 2.45) is 0 Å². The molecule has 0 fully saturated rings. The van der Waals surface area contributed by atoms with Gasteiger partial charge in [0.2, 0.25) is 0 Å². The van der Waals surface area contributed by atoms with Gasteiger partial charge in [-0.3, -0.25) is 0 Å². The van der Waals surface area contributed by atoms with Crippen LogP contribution in [0.2, 0.25) is 0 Å². The molecule has 19 heavy (non-hydrogen) atoms. The van der Waals surface area contributed by atoms with Crippen molar-refractivity contribution in [2.75, 3.05) is 12.5 Å². The van der Waals surface area contributed by atoms with E-state index in [9.17, 15) is 0 Å². The van der Waals surface area contributed by atoms with Crippen molar-refractivity contribution in [3.05, 3.63) is 41.5 Å². The van der Waals surface area contributed by atoms with Crippen LogP contribution < -0.4 is 10.5 Å². The molecule has 2 heterocycles. The van der Waals surface area contributed by atoms with Crippen LogP contribution in [-0.2, 0) is 24.3 Å². The molecular weight excluding hydrogens is 242 g/mol. The lowest BCUT2D eigenvalue weighted by Gasteiger charge is -2.21. The molecule has 2 N–H and O–H groups in total. The summed E-state index contributed by atoms with van der Waals surface area (Å²) in [4.78, 5) is 4.33. The molecule has 2 aromatic rings. The number of imidazole rings is 1. The Kier molecular flexibility index (Phi) is 3.13. The van der Waals surface area contributed by atoms with Gasteiger partial charge in [0.25, 0.3) is 0 Å². The Morgan fingerprint density at radius 3 is 3.16 bits per heavy atom. The quantitative estimate of drug-likeness (QED) is 0.856. The van der Waals surface area contributed by atoms with Crippen molar-refractivity contribution in [3.8, 4) is 5.75 Å². The molecule has 1 aromatic carbocycles. The second-order valence-electron chi connectivity index (χ2n) is 4.60. The third-order valence-electron chi connectivity index (χ3n) is 3.27. The maximum atomic E-state index is 5.95. The number of ether oxygens (including phenoxy) is 2. The van der Waals surface area contributed by atoms with Crippen molar-refractivity contribution in [1.82, 2.24) is 9.55 Å².